The normalized spacial score (nSPS) is 29.5. The van der Waals surface area contributed by atoms with Gasteiger partial charge in [-0.15, -0.1) is 11.3 Å². The average molecular weight is 406 g/mol. The van der Waals surface area contributed by atoms with Gasteiger partial charge in [0.2, 0.25) is 5.13 Å². The van der Waals surface area contributed by atoms with Crippen molar-refractivity contribution in [3.63, 3.8) is 0 Å². The quantitative estimate of drug-likeness (QED) is 0.733. The molecule has 3 atom stereocenters. The zero-order valence-electron chi connectivity index (χ0n) is 14.7. The van der Waals surface area contributed by atoms with Crippen LogP contribution in [0.25, 0.3) is 0 Å². The summed E-state index contributed by atoms with van der Waals surface area (Å²) < 4.78 is 42.0. The van der Waals surface area contributed by atoms with Crippen LogP contribution in [0.1, 0.15) is 45.7 Å². The number of hydrogen-bond donors (Lipinski definition) is 2. The molecule has 10 heteroatoms. The maximum absolute atomic E-state index is 14.0. The molecule has 0 aromatic carbocycles. The van der Waals surface area contributed by atoms with Gasteiger partial charge in [-0.3, -0.25) is 0 Å². The van der Waals surface area contributed by atoms with Gasteiger partial charge in [0.15, 0.2) is 0 Å². The van der Waals surface area contributed by atoms with Crippen molar-refractivity contribution < 1.29 is 18.3 Å². The number of hydrogen-bond acceptors (Lipinski definition) is 6. The third-order valence-electron chi connectivity index (χ3n) is 5.11. The van der Waals surface area contributed by atoms with Gasteiger partial charge in [0.25, 0.3) is 5.72 Å². The molecule has 0 amide bonds. The number of halogens is 3. The first kappa shape index (κ1) is 19.5. The number of hydrazone groups is 1. The zero-order valence-corrected chi connectivity index (χ0v) is 16.3. The summed E-state index contributed by atoms with van der Waals surface area (Å²) in [4.78, 5) is 4.04. The predicted molar refractivity (Wildman–Crippen MR) is 99.2 cm³/mol. The van der Waals surface area contributed by atoms with Gasteiger partial charge in [-0.2, -0.15) is 23.3 Å². The monoisotopic (exact) mass is 406 g/mol. The van der Waals surface area contributed by atoms with Gasteiger partial charge in [-0.05, 0) is 18.3 Å². The van der Waals surface area contributed by atoms with E-state index in [-0.39, 0.29) is 33.6 Å². The molecule has 1 fully saturated rings. The van der Waals surface area contributed by atoms with Gasteiger partial charge in [0.1, 0.15) is 10.7 Å². The second-order valence-corrected chi connectivity index (χ2v) is 9.12. The fourth-order valence-corrected chi connectivity index (χ4v) is 4.82. The number of thiocarbonyl (C=S) groups is 1. The number of anilines is 1. The molecule has 26 heavy (non-hydrogen) atoms. The molecule has 0 unspecified atom stereocenters. The van der Waals surface area contributed by atoms with E-state index in [4.69, 9.17) is 18.0 Å². The van der Waals surface area contributed by atoms with Crippen molar-refractivity contribution in [1.82, 2.24) is 4.98 Å². The van der Waals surface area contributed by atoms with Gasteiger partial charge in [-0.25, -0.2) is 4.98 Å². The van der Waals surface area contributed by atoms with Crippen LogP contribution in [0.15, 0.2) is 10.5 Å². The van der Waals surface area contributed by atoms with E-state index in [2.05, 4.69) is 10.1 Å². The van der Waals surface area contributed by atoms with Crippen LogP contribution < -0.4 is 10.7 Å². The Morgan fingerprint density at radius 2 is 2.04 bits per heavy atom. The minimum Gasteiger partial charge on any atom is -0.388 e. The highest BCUT2D eigenvalue weighted by molar-refractivity contribution is 7.80. The molecule has 0 radical (unpaired) electrons. The summed E-state index contributed by atoms with van der Waals surface area (Å²) in [5.41, 5.74) is 2.75. The molecule has 1 aromatic rings. The van der Waals surface area contributed by atoms with Crippen LogP contribution in [0.3, 0.4) is 0 Å². The van der Waals surface area contributed by atoms with Crippen LogP contribution in [0.5, 0.6) is 0 Å². The standard InChI is InChI=1S/C16H21F3N4OS2/c1-14(2,3)8-5-4-6-9-11(8)22-23(15(9,24)16(17,18)19)13-21-10(7-26-13)12(20)25/h7-9,24H,4-6H2,1-3H3,(H2,20,25)/t8-,9-,15+/m0/s1. The summed E-state index contributed by atoms with van der Waals surface area (Å²) >= 11 is 5.76. The smallest absolute Gasteiger partial charge is 0.388 e. The van der Waals surface area contributed by atoms with E-state index < -0.39 is 17.8 Å². The second kappa shape index (κ2) is 6.13. The number of fused-ring (bicyclic) bond motifs is 1. The lowest BCUT2D eigenvalue weighted by Crippen LogP contribution is -2.61. The molecule has 1 aliphatic heterocycles. The van der Waals surface area contributed by atoms with E-state index >= 15 is 0 Å². The first-order valence-corrected chi connectivity index (χ1v) is 9.59. The number of alkyl halides is 3. The largest absolute Gasteiger partial charge is 0.439 e. The van der Waals surface area contributed by atoms with Crippen molar-refractivity contribution in [1.29, 1.82) is 0 Å². The Bertz CT molecular complexity index is 755. The summed E-state index contributed by atoms with van der Waals surface area (Å²) in [7, 11) is 0. The fraction of sp³-hybridized carbons (Fsp3) is 0.688. The Morgan fingerprint density at radius 3 is 2.54 bits per heavy atom. The molecule has 2 aliphatic rings. The number of aromatic nitrogens is 1. The lowest BCUT2D eigenvalue weighted by atomic mass is 9.66. The predicted octanol–water partition coefficient (Wildman–Crippen LogP) is 3.67. The first-order chi connectivity index (χ1) is 11.9. The summed E-state index contributed by atoms with van der Waals surface area (Å²) in [6.45, 7) is 5.94. The van der Waals surface area contributed by atoms with Crippen molar-refractivity contribution in [3.05, 3.63) is 11.1 Å². The SMILES string of the molecule is CC(C)(C)[C@H]1CCC[C@H]2C1=NN(c1nc(C(N)=S)cs1)[C@]2(O)C(F)(F)F. The summed E-state index contributed by atoms with van der Waals surface area (Å²) in [5, 5.41) is 17.2. The molecule has 1 saturated carbocycles. The average Bonchev–Trinajstić information content (AvgIpc) is 3.09. The maximum atomic E-state index is 14.0. The molecule has 3 N–H and O–H groups in total. The van der Waals surface area contributed by atoms with Crippen LogP contribution in [-0.2, 0) is 0 Å². The van der Waals surface area contributed by atoms with Crippen molar-refractivity contribution in [2.24, 2.45) is 28.1 Å². The number of thiazole rings is 1. The van der Waals surface area contributed by atoms with Gasteiger partial charge < -0.3 is 10.8 Å². The molecule has 1 aliphatic carbocycles. The Morgan fingerprint density at radius 1 is 1.38 bits per heavy atom. The third-order valence-corrected chi connectivity index (χ3v) is 6.14. The van der Waals surface area contributed by atoms with E-state index in [1.807, 2.05) is 20.8 Å². The lowest BCUT2D eigenvalue weighted by Gasteiger charge is -2.41. The topological polar surface area (TPSA) is 74.7 Å². The Labute approximate surface area is 159 Å². The summed E-state index contributed by atoms with van der Waals surface area (Å²) in [6.07, 6.45) is -3.31. The summed E-state index contributed by atoms with van der Waals surface area (Å²) in [6, 6.07) is 0. The minimum absolute atomic E-state index is 0.0140. The third kappa shape index (κ3) is 2.91. The van der Waals surface area contributed by atoms with E-state index in [9.17, 15) is 18.3 Å². The molecule has 0 spiro atoms. The molecule has 2 heterocycles. The van der Waals surface area contributed by atoms with Crippen LogP contribution in [0.2, 0.25) is 0 Å². The van der Waals surface area contributed by atoms with Crippen LogP contribution in [-0.4, -0.2) is 32.7 Å². The Kier molecular flexibility index (Phi) is 4.60. The van der Waals surface area contributed by atoms with Crippen molar-refractivity contribution >= 4 is 39.4 Å². The number of rotatable bonds is 2. The van der Waals surface area contributed by atoms with Gasteiger partial charge in [0, 0.05) is 11.3 Å². The van der Waals surface area contributed by atoms with Gasteiger partial charge in [-0.1, -0.05) is 39.4 Å². The number of aliphatic hydroxyl groups is 1. The maximum Gasteiger partial charge on any atom is 0.439 e. The van der Waals surface area contributed by atoms with Crippen molar-refractivity contribution in [2.45, 2.75) is 51.9 Å². The molecule has 3 rings (SSSR count). The minimum atomic E-state index is -4.89. The molecule has 5 nitrogen and oxygen atoms in total. The van der Waals surface area contributed by atoms with Crippen LogP contribution in [0, 0.1) is 17.3 Å². The van der Waals surface area contributed by atoms with Crippen LogP contribution in [0.4, 0.5) is 18.3 Å². The summed E-state index contributed by atoms with van der Waals surface area (Å²) in [5.74, 6) is -1.26. The zero-order chi connectivity index (χ0) is 19.5. The highest BCUT2D eigenvalue weighted by Gasteiger charge is 2.69. The van der Waals surface area contributed by atoms with Crippen molar-refractivity contribution in [2.75, 3.05) is 5.01 Å². The van der Waals surface area contributed by atoms with E-state index in [1.165, 1.54) is 5.38 Å². The molecule has 144 valence electrons. The second-order valence-electron chi connectivity index (χ2n) is 7.84. The molecule has 0 bridgehead atoms. The van der Waals surface area contributed by atoms with Gasteiger partial charge in [0.05, 0.1) is 11.6 Å². The first-order valence-electron chi connectivity index (χ1n) is 8.30. The molecular formula is C16H21F3N4OS2. The van der Waals surface area contributed by atoms with E-state index in [0.717, 1.165) is 17.8 Å². The Hall–Kier alpha value is -1.26. The highest BCUT2D eigenvalue weighted by Crippen LogP contribution is 2.53. The van der Waals surface area contributed by atoms with Gasteiger partial charge >= 0.3 is 6.18 Å². The van der Waals surface area contributed by atoms with E-state index in [1.54, 1.807) is 0 Å². The lowest BCUT2D eigenvalue weighted by molar-refractivity contribution is -0.269. The number of nitrogens with two attached hydrogens (primary N) is 1. The van der Waals surface area contributed by atoms with Crippen molar-refractivity contribution in [3.8, 4) is 0 Å². The van der Waals surface area contributed by atoms with Crippen LogP contribution >= 0.6 is 23.6 Å². The number of nitrogens with zero attached hydrogens (tertiary/aromatic N) is 3. The molecular weight excluding hydrogens is 385 g/mol. The highest BCUT2D eigenvalue weighted by atomic mass is 32.1. The molecule has 0 saturated heterocycles. The fourth-order valence-electron chi connectivity index (χ4n) is 3.81. The Balaban J connectivity index is 2.13. The molecule has 1 aromatic heterocycles. The van der Waals surface area contributed by atoms with E-state index in [0.29, 0.717) is 17.1 Å².